The summed E-state index contributed by atoms with van der Waals surface area (Å²) < 4.78 is 0. The second kappa shape index (κ2) is 20.8. The topological polar surface area (TPSA) is 164 Å². The smallest absolute Gasteiger partial charge is 0.332 e. The molecule has 2 aromatic rings. The van der Waals surface area contributed by atoms with Gasteiger partial charge in [0, 0.05) is 11.5 Å². The molecule has 8 nitrogen and oxygen atoms in total. The van der Waals surface area contributed by atoms with Gasteiger partial charge in [-0.3, -0.25) is 0 Å². The molecule has 272 valence electrons. The zero-order chi connectivity index (χ0) is 35.2. The van der Waals surface area contributed by atoms with E-state index in [0.717, 1.165) is 35.5 Å². The van der Waals surface area contributed by atoms with Crippen molar-refractivity contribution < 1.29 is 35.4 Å². The average Bonchev–Trinajstić information content (AvgIpc) is 3.11. The molecule has 1 fully saturated rings. The number of carbonyl (C=O) groups is 1. The van der Waals surface area contributed by atoms with Crippen LogP contribution < -0.4 is 5.73 Å². The Morgan fingerprint density at radius 3 is 2.31 bits per heavy atom. The lowest BCUT2D eigenvalue weighted by molar-refractivity contribution is -0.151. The molecule has 10 heteroatoms. The van der Waals surface area contributed by atoms with Crippen molar-refractivity contribution in [2.24, 2.45) is 35.3 Å². The van der Waals surface area contributed by atoms with Gasteiger partial charge in [-0.2, -0.15) is 0 Å². The van der Waals surface area contributed by atoms with Gasteiger partial charge in [0.05, 0.1) is 24.9 Å². The Labute approximate surface area is 300 Å². The maximum absolute atomic E-state index is 12.2. The Balaban J connectivity index is 1.62. The van der Waals surface area contributed by atoms with Crippen LogP contribution in [-0.2, 0) is 30.0 Å². The lowest BCUT2D eigenvalue weighted by Gasteiger charge is -2.33. The van der Waals surface area contributed by atoms with Crippen molar-refractivity contribution in [2.45, 2.75) is 107 Å². The van der Waals surface area contributed by atoms with Crippen molar-refractivity contribution in [3.05, 3.63) is 82.9 Å². The number of rotatable bonds is 12. The van der Waals surface area contributed by atoms with Gasteiger partial charge in [0.25, 0.3) is 0 Å². The minimum absolute atomic E-state index is 0.0249. The number of benzene rings is 2. The second-order valence-electron chi connectivity index (χ2n) is 14.1. The van der Waals surface area contributed by atoms with Gasteiger partial charge in [-0.25, -0.2) is 4.79 Å². The Hall–Kier alpha value is -1.89. The molecule has 1 saturated carbocycles. The van der Waals surface area contributed by atoms with Crippen LogP contribution in [-0.4, -0.2) is 73.3 Å². The van der Waals surface area contributed by atoms with Crippen LogP contribution in [0.1, 0.15) is 80.0 Å². The molecule has 1 aliphatic heterocycles. The second-order valence-corrected chi connectivity index (χ2v) is 16.6. The van der Waals surface area contributed by atoms with Crippen molar-refractivity contribution in [3.8, 4) is 0 Å². The molecule has 0 bridgehead atoms. The van der Waals surface area contributed by atoms with Gasteiger partial charge in [0.1, 0.15) is 0 Å². The maximum atomic E-state index is 12.2. The third kappa shape index (κ3) is 12.4. The summed E-state index contributed by atoms with van der Waals surface area (Å²) in [6, 6.07) is 16.4. The summed E-state index contributed by atoms with van der Waals surface area (Å²) >= 11 is 0. The van der Waals surface area contributed by atoms with Gasteiger partial charge in [0.2, 0.25) is 0 Å². The number of aliphatic hydroxyl groups is 5. The van der Waals surface area contributed by atoms with E-state index in [1.807, 2.05) is 51.9 Å². The molecule has 0 amide bonds. The molecular weight excluding hydrogens is 659 g/mol. The minimum Gasteiger partial charge on any atom is -0.479 e. The Bertz CT molecular complexity index is 1300. The number of hydrogen-bond acceptors (Lipinski definition) is 9. The van der Waals surface area contributed by atoms with E-state index in [0.29, 0.717) is 64.3 Å². The Kier molecular flexibility index (Phi) is 17.0. The summed E-state index contributed by atoms with van der Waals surface area (Å²) in [5, 5.41) is 62.5. The first-order chi connectivity index (χ1) is 23.7. The van der Waals surface area contributed by atoms with Crippen molar-refractivity contribution in [1.82, 2.24) is 0 Å². The molecule has 4 rings (SSSR count). The number of aliphatic hydroxyl groups excluding tert-OH is 5. The zero-order valence-electron chi connectivity index (χ0n) is 28.6. The number of aryl methyl sites for hydroxylation is 1. The van der Waals surface area contributed by atoms with Gasteiger partial charge < -0.3 is 36.4 Å². The molecule has 8 N–H and O–H groups in total. The highest BCUT2D eigenvalue weighted by atomic mass is 33.1. The summed E-state index contributed by atoms with van der Waals surface area (Å²) in [6.45, 7) is 0.379. The fraction of sp³-hybridized carbons (Fsp3) is 0.615. The lowest BCUT2D eigenvalue weighted by Crippen LogP contribution is -2.36. The van der Waals surface area contributed by atoms with Crippen LogP contribution in [0.2, 0.25) is 0 Å². The van der Waals surface area contributed by atoms with Crippen molar-refractivity contribution in [1.29, 1.82) is 0 Å². The quantitative estimate of drug-likeness (QED) is 0.110. The summed E-state index contributed by atoms with van der Waals surface area (Å²) in [5.74, 6) is 0.345. The first kappa shape index (κ1) is 39.9. The monoisotopic (exact) mass is 715 g/mol. The van der Waals surface area contributed by atoms with Crippen LogP contribution in [0.4, 0.5) is 0 Å². The predicted octanol–water partition coefficient (Wildman–Crippen LogP) is 5.51. The van der Waals surface area contributed by atoms with Gasteiger partial charge >= 0.3 is 5.97 Å². The summed E-state index contributed by atoms with van der Waals surface area (Å²) in [6.07, 6.45) is 7.53. The molecule has 2 aromatic carbocycles. The van der Waals surface area contributed by atoms with E-state index >= 15 is 0 Å². The van der Waals surface area contributed by atoms with E-state index < -0.39 is 30.2 Å². The van der Waals surface area contributed by atoms with Crippen LogP contribution in [0.15, 0.2) is 60.7 Å². The zero-order valence-corrected chi connectivity index (χ0v) is 30.2. The van der Waals surface area contributed by atoms with E-state index in [1.54, 1.807) is 6.08 Å². The van der Waals surface area contributed by atoms with Crippen LogP contribution >= 0.6 is 21.6 Å². The Morgan fingerprint density at radius 1 is 0.878 bits per heavy atom. The van der Waals surface area contributed by atoms with Gasteiger partial charge in [0.15, 0.2) is 6.10 Å². The SMILES string of the molecule is NCCC1CCC(CC=CC(O)C(O)C2CCC(O)CC2)C(Cc2cccc(CO)c2)CSSCc2ccccc2CCC1C(O)C(=O)O. The first-order valence-corrected chi connectivity index (χ1v) is 20.5. The highest BCUT2D eigenvalue weighted by Crippen LogP contribution is 2.39. The highest BCUT2D eigenvalue weighted by molar-refractivity contribution is 8.76. The van der Waals surface area contributed by atoms with Crippen LogP contribution in [0, 0.1) is 29.6 Å². The van der Waals surface area contributed by atoms with Crippen LogP contribution in [0.3, 0.4) is 0 Å². The highest BCUT2D eigenvalue weighted by Gasteiger charge is 2.34. The van der Waals surface area contributed by atoms with Gasteiger partial charge in [-0.05, 0) is 129 Å². The molecule has 1 aliphatic carbocycles. The average molecular weight is 716 g/mol. The molecule has 0 spiro atoms. The van der Waals surface area contributed by atoms with E-state index in [-0.39, 0.29) is 36.4 Å². The lowest BCUT2D eigenvalue weighted by atomic mass is 9.75. The fourth-order valence-corrected chi connectivity index (χ4v) is 10.4. The molecule has 0 aromatic heterocycles. The number of hydrogen-bond donors (Lipinski definition) is 7. The molecule has 49 heavy (non-hydrogen) atoms. The minimum atomic E-state index is -1.48. The molecular formula is C39H57NO7S2. The fourth-order valence-electron chi connectivity index (χ4n) is 7.85. The summed E-state index contributed by atoms with van der Waals surface area (Å²) in [4.78, 5) is 12.2. The number of nitrogens with two attached hydrogens (primary N) is 1. The molecule has 7 atom stereocenters. The largest absolute Gasteiger partial charge is 0.479 e. The number of carboxylic acids is 1. The van der Waals surface area contributed by atoms with Gasteiger partial charge in [-0.1, -0.05) is 82.3 Å². The van der Waals surface area contributed by atoms with Crippen molar-refractivity contribution in [3.63, 3.8) is 0 Å². The van der Waals surface area contributed by atoms with Crippen LogP contribution in [0.25, 0.3) is 0 Å². The van der Waals surface area contributed by atoms with Gasteiger partial charge in [-0.15, -0.1) is 0 Å². The predicted molar refractivity (Wildman–Crippen MR) is 199 cm³/mol. The Morgan fingerprint density at radius 2 is 1.59 bits per heavy atom. The number of aliphatic carboxylic acids is 1. The van der Waals surface area contributed by atoms with E-state index in [9.17, 15) is 35.4 Å². The first-order valence-electron chi connectivity index (χ1n) is 18.0. The number of allylic oxidation sites excluding steroid dienone is 1. The summed E-state index contributed by atoms with van der Waals surface area (Å²) in [5.41, 5.74) is 10.5. The third-order valence-electron chi connectivity index (χ3n) is 10.8. The van der Waals surface area contributed by atoms with E-state index in [4.69, 9.17) is 5.73 Å². The molecule has 1 heterocycles. The third-order valence-corrected chi connectivity index (χ3v) is 13.3. The number of fused-ring (bicyclic) bond motifs is 1. The summed E-state index contributed by atoms with van der Waals surface area (Å²) in [7, 11) is 3.69. The van der Waals surface area contributed by atoms with E-state index in [2.05, 4.69) is 24.3 Å². The number of carboxylic acid groups (broad SMARTS) is 1. The molecule has 7 unspecified atom stereocenters. The normalized spacial score (nSPS) is 27.9. The molecule has 0 radical (unpaired) electrons. The maximum Gasteiger partial charge on any atom is 0.332 e. The standard InChI is InChI=1S/C39H57NO7S2/c40-20-19-30-12-11-29(9-4-10-36(43)37(44)31-13-16-34(42)17-14-31)33(22-26-5-3-6-27(21-26)23-41)25-49-48-24-32-8-2-1-7-28(32)15-18-35(30)38(45)39(46)47/h1-8,10,21,29-31,33-38,41-45H,9,11-20,22-25,40H2,(H,46,47). The molecule has 0 saturated heterocycles. The van der Waals surface area contributed by atoms with Crippen molar-refractivity contribution in [2.75, 3.05) is 12.3 Å². The van der Waals surface area contributed by atoms with E-state index in [1.165, 1.54) is 11.1 Å². The van der Waals surface area contributed by atoms with Crippen LogP contribution in [0.5, 0.6) is 0 Å². The molecule has 2 aliphatic rings. The van der Waals surface area contributed by atoms with Crippen molar-refractivity contribution >= 4 is 27.6 Å².